The molecule has 0 fully saturated rings. The summed E-state index contributed by atoms with van der Waals surface area (Å²) in [7, 11) is 0. The maximum absolute atomic E-state index is 11.8. The molecule has 0 saturated heterocycles. The third-order valence-corrected chi connectivity index (χ3v) is 3.09. The zero-order chi connectivity index (χ0) is 15.1. The zero-order valence-corrected chi connectivity index (χ0v) is 12.9. The van der Waals surface area contributed by atoms with E-state index in [-0.39, 0.29) is 35.0 Å². The van der Waals surface area contributed by atoms with E-state index in [1.807, 2.05) is 13.8 Å². The number of halogens is 2. The Labute approximate surface area is 128 Å². The average Bonchev–Trinajstić information content (AvgIpc) is 2.39. The predicted octanol–water partition coefficient (Wildman–Crippen LogP) is 2.28. The van der Waals surface area contributed by atoms with Crippen LogP contribution in [0.15, 0.2) is 12.3 Å². The lowest BCUT2D eigenvalue weighted by Gasteiger charge is -2.08. The molecule has 1 heterocycles. The highest BCUT2D eigenvalue weighted by Crippen LogP contribution is 2.19. The van der Waals surface area contributed by atoms with Crippen LogP contribution in [0, 0.1) is 5.92 Å². The molecule has 0 bridgehead atoms. The summed E-state index contributed by atoms with van der Waals surface area (Å²) in [6.07, 6.45) is 1.57. The normalized spacial score (nSPS) is 10.4. The Morgan fingerprint density at radius 3 is 2.60 bits per heavy atom. The summed E-state index contributed by atoms with van der Waals surface area (Å²) in [5.74, 6) is -0.0326. The van der Waals surface area contributed by atoms with E-state index < -0.39 is 0 Å². The molecule has 0 atom stereocenters. The third-order valence-electron chi connectivity index (χ3n) is 2.40. The number of amides is 2. The van der Waals surface area contributed by atoms with E-state index in [9.17, 15) is 9.59 Å². The van der Waals surface area contributed by atoms with E-state index in [1.165, 1.54) is 12.3 Å². The van der Waals surface area contributed by atoms with Crippen molar-refractivity contribution < 1.29 is 9.59 Å². The SMILES string of the molecule is CC(C)CNC(=O)CCNC(=O)c1cnc(Cl)c(Cl)c1. The molecule has 0 unspecified atom stereocenters. The summed E-state index contributed by atoms with van der Waals surface area (Å²) in [6, 6.07) is 1.44. The van der Waals surface area contributed by atoms with Gasteiger partial charge < -0.3 is 10.6 Å². The molecule has 0 aliphatic heterocycles. The molecule has 20 heavy (non-hydrogen) atoms. The minimum Gasteiger partial charge on any atom is -0.356 e. The Morgan fingerprint density at radius 2 is 2.00 bits per heavy atom. The molecule has 0 aromatic carbocycles. The second kappa shape index (κ2) is 8.07. The van der Waals surface area contributed by atoms with Crippen LogP contribution in [0.5, 0.6) is 0 Å². The maximum Gasteiger partial charge on any atom is 0.252 e. The first-order valence-electron chi connectivity index (χ1n) is 6.26. The lowest BCUT2D eigenvalue weighted by Crippen LogP contribution is -2.32. The highest BCUT2D eigenvalue weighted by molar-refractivity contribution is 6.41. The molecule has 0 spiro atoms. The molecule has 0 radical (unpaired) electrons. The minimum atomic E-state index is -0.340. The largest absolute Gasteiger partial charge is 0.356 e. The number of hydrogen-bond acceptors (Lipinski definition) is 3. The van der Waals surface area contributed by atoms with Crippen LogP contribution in [0.4, 0.5) is 0 Å². The number of carbonyl (C=O) groups excluding carboxylic acids is 2. The van der Waals surface area contributed by atoms with E-state index in [1.54, 1.807) is 0 Å². The van der Waals surface area contributed by atoms with Crippen molar-refractivity contribution in [2.45, 2.75) is 20.3 Å². The highest BCUT2D eigenvalue weighted by atomic mass is 35.5. The van der Waals surface area contributed by atoms with Crippen LogP contribution in [0.1, 0.15) is 30.6 Å². The fraction of sp³-hybridized carbons (Fsp3) is 0.462. The first kappa shape index (κ1) is 16.7. The van der Waals surface area contributed by atoms with Gasteiger partial charge in [-0.3, -0.25) is 9.59 Å². The van der Waals surface area contributed by atoms with Crippen molar-refractivity contribution >= 4 is 35.0 Å². The minimum absolute atomic E-state index is 0.0914. The van der Waals surface area contributed by atoms with Crippen LogP contribution < -0.4 is 10.6 Å². The van der Waals surface area contributed by atoms with Crippen molar-refractivity contribution in [2.24, 2.45) is 5.92 Å². The van der Waals surface area contributed by atoms with Crippen molar-refractivity contribution in [2.75, 3.05) is 13.1 Å². The van der Waals surface area contributed by atoms with E-state index in [0.29, 0.717) is 18.0 Å². The van der Waals surface area contributed by atoms with Gasteiger partial charge in [-0.15, -0.1) is 0 Å². The quantitative estimate of drug-likeness (QED) is 0.791. The van der Waals surface area contributed by atoms with Gasteiger partial charge in [0.15, 0.2) is 0 Å². The van der Waals surface area contributed by atoms with Crippen molar-refractivity contribution in [1.29, 1.82) is 0 Å². The predicted molar refractivity (Wildman–Crippen MR) is 79.1 cm³/mol. The molecule has 1 aromatic heterocycles. The molecular weight excluding hydrogens is 301 g/mol. The summed E-state index contributed by atoms with van der Waals surface area (Å²) < 4.78 is 0. The number of pyridine rings is 1. The van der Waals surface area contributed by atoms with Crippen LogP contribution in [0.25, 0.3) is 0 Å². The van der Waals surface area contributed by atoms with Crippen LogP contribution in [0.2, 0.25) is 10.2 Å². The lowest BCUT2D eigenvalue weighted by molar-refractivity contribution is -0.121. The van der Waals surface area contributed by atoms with Gasteiger partial charge in [-0.1, -0.05) is 37.0 Å². The molecule has 0 saturated carbocycles. The number of nitrogens with one attached hydrogen (secondary N) is 2. The van der Waals surface area contributed by atoms with Crippen molar-refractivity contribution in [3.05, 3.63) is 28.0 Å². The summed E-state index contributed by atoms with van der Waals surface area (Å²) in [5.41, 5.74) is 0.307. The number of rotatable bonds is 6. The van der Waals surface area contributed by atoms with Crippen LogP contribution >= 0.6 is 23.2 Å². The first-order valence-corrected chi connectivity index (χ1v) is 7.01. The van der Waals surface area contributed by atoms with Gasteiger partial charge in [-0.25, -0.2) is 4.98 Å². The van der Waals surface area contributed by atoms with Crippen molar-refractivity contribution in [3.63, 3.8) is 0 Å². The average molecular weight is 318 g/mol. The number of carbonyl (C=O) groups is 2. The van der Waals surface area contributed by atoms with Gasteiger partial charge in [-0.05, 0) is 12.0 Å². The summed E-state index contributed by atoms with van der Waals surface area (Å²) in [5, 5.41) is 5.76. The molecule has 2 N–H and O–H groups in total. The van der Waals surface area contributed by atoms with Gasteiger partial charge in [0.05, 0.1) is 10.6 Å². The maximum atomic E-state index is 11.8. The van der Waals surface area contributed by atoms with E-state index in [2.05, 4.69) is 15.6 Å². The van der Waals surface area contributed by atoms with Gasteiger partial charge in [0.25, 0.3) is 5.91 Å². The standard InChI is InChI=1S/C13H17Cl2N3O2/c1-8(2)6-17-11(19)3-4-16-13(20)9-5-10(14)12(15)18-7-9/h5,7-8H,3-4,6H2,1-2H3,(H,16,20)(H,17,19). The fourth-order valence-electron chi connectivity index (χ4n) is 1.34. The van der Waals surface area contributed by atoms with Gasteiger partial charge in [-0.2, -0.15) is 0 Å². The highest BCUT2D eigenvalue weighted by Gasteiger charge is 2.09. The number of hydrogen-bond donors (Lipinski definition) is 2. The Morgan fingerprint density at radius 1 is 1.30 bits per heavy atom. The number of aromatic nitrogens is 1. The smallest absolute Gasteiger partial charge is 0.252 e. The van der Waals surface area contributed by atoms with Crippen LogP contribution in [-0.2, 0) is 4.79 Å². The topological polar surface area (TPSA) is 71.1 Å². The lowest BCUT2D eigenvalue weighted by atomic mass is 10.2. The van der Waals surface area contributed by atoms with E-state index >= 15 is 0 Å². The Balaban J connectivity index is 2.36. The van der Waals surface area contributed by atoms with Gasteiger partial charge in [0.2, 0.25) is 5.91 Å². The molecule has 1 aromatic rings. The summed E-state index contributed by atoms with van der Waals surface area (Å²) in [4.78, 5) is 27.0. The van der Waals surface area contributed by atoms with Gasteiger partial charge >= 0.3 is 0 Å². The zero-order valence-electron chi connectivity index (χ0n) is 11.4. The third kappa shape index (κ3) is 5.75. The fourth-order valence-corrected chi connectivity index (χ4v) is 1.61. The molecule has 1 rings (SSSR count). The molecule has 0 aliphatic carbocycles. The van der Waals surface area contributed by atoms with Gasteiger partial charge in [0, 0.05) is 25.7 Å². The monoisotopic (exact) mass is 317 g/mol. The second-order valence-corrected chi connectivity index (χ2v) is 5.47. The van der Waals surface area contributed by atoms with Gasteiger partial charge in [0.1, 0.15) is 5.15 Å². The van der Waals surface area contributed by atoms with Crippen LogP contribution in [0.3, 0.4) is 0 Å². The summed E-state index contributed by atoms with van der Waals surface area (Å²) >= 11 is 11.4. The number of nitrogens with zero attached hydrogens (tertiary/aromatic N) is 1. The van der Waals surface area contributed by atoms with E-state index in [0.717, 1.165) is 0 Å². The van der Waals surface area contributed by atoms with E-state index in [4.69, 9.17) is 23.2 Å². The van der Waals surface area contributed by atoms with Crippen molar-refractivity contribution in [1.82, 2.24) is 15.6 Å². The molecule has 7 heteroatoms. The van der Waals surface area contributed by atoms with Crippen molar-refractivity contribution in [3.8, 4) is 0 Å². The molecule has 0 aliphatic rings. The molecule has 2 amide bonds. The second-order valence-electron chi connectivity index (χ2n) is 4.70. The first-order chi connectivity index (χ1) is 9.40. The Bertz CT molecular complexity index is 493. The summed E-state index contributed by atoms with van der Waals surface area (Å²) in [6.45, 7) is 4.91. The Kier molecular flexibility index (Phi) is 6.75. The van der Waals surface area contributed by atoms with Crippen LogP contribution in [-0.4, -0.2) is 29.9 Å². The molecule has 110 valence electrons. The molecular formula is C13H17Cl2N3O2. The molecule has 5 nitrogen and oxygen atoms in total. The Hall–Kier alpha value is -1.33.